The van der Waals surface area contributed by atoms with E-state index in [-0.39, 0.29) is 18.9 Å². The number of esters is 1. The summed E-state index contributed by atoms with van der Waals surface area (Å²) < 4.78 is 5.07. The second-order valence-corrected chi connectivity index (χ2v) is 6.55. The minimum Gasteiger partial charge on any atom is -0.455 e. The standard InChI is InChI=1S/C21H19N3O4/c1-14-6-8-17(9-7-14)24-12-16(10-20(24)26)21(27)28-13-19(25)23-18-5-3-2-4-15(18)11-22/h2-9,16H,10,12-13H2,1H3,(H,23,25)/t16-/m0/s1. The van der Waals surface area contributed by atoms with Crippen LogP contribution in [0.5, 0.6) is 0 Å². The molecule has 28 heavy (non-hydrogen) atoms. The fraction of sp³-hybridized carbons (Fsp3) is 0.238. The number of carbonyl (C=O) groups excluding carboxylic acids is 3. The molecule has 2 aromatic carbocycles. The number of nitriles is 1. The molecule has 0 unspecified atom stereocenters. The van der Waals surface area contributed by atoms with Crippen molar-refractivity contribution >= 4 is 29.2 Å². The van der Waals surface area contributed by atoms with E-state index in [0.717, 1.165) is 11.3 Å². The van der Waals surface area contributed by atoms with Crippen LogP contribution in [0.25, 0.3) is 0 Å². The van der Waals surface area contributed by atoms with E-state index in [1.165, 1.54) is 0 Å². The number of aryl methyl sites for hydroxylation is 1. The maximum atomic E-state index is 12.3. The zero-order valence-corrected chi connectivity index (χ0v) is 15.3. The number of nitrogens with zero attached hydrogens (tertiary/aromatic N) is 2. The summed E-state index contributed by atoms with van der Waals surface area (Å²) in [5.74, 6) is -1.91. The van der Waals surface area contributed by atoms with Crippen LogP contribution in [0.2, 0.25) is 0 Å². The predicted octanol–water partition coefficient (Wildman–Crippen LogP) is 2.40. The molecule has 0 aliphatic carbocycles. The van der Waals surface area contributed by atoms with Gasteiger partial charge in [0.25, 0.3) is 5.91 Å². The molecule has 142 valence electrons. The molecule has 1 saturated heterocycles. The summed E-state index contributed by atoms with van der Waals surface area (Å²) in [6.45, 7) is 1.70. The van der Waals surface area contributed by atoms with Crippen molar-refractivity contribution in [2.75, 3.05) is 23.4 Å². The third-order valence-electron chi connectivity index (χ3n) is 4.47. The summed E-state index contributed by atoms with van der Waals surface area (Å²) >= 11 is 0. The lowest BCUT2D eigenvalue weighted by atomic mass is 10.1. The normalized spacial score (nSPS) is 15.8. The lowest BCUT2D eigenvalue weighted by Gasteiger charge is -2.16. The van der Waals surface area contributed by atoms with Gasteiger partial charge in [0.05, 0.1) is 17.2 Å². The molecule has 7 heteroatoms. The van der Waals surface area contributed by atoms with Gasteiger partial charge in [-0.15, -0.1) is 0 Å². The van der Waals surface area contributed by atoms with E-state index < -0.39 is 24.4 Å². The van der Waals surface area contributed by atoms with Gasteiger partial charge in [-0.05, 0) is 31.2 Å². The van der Waals surface area contributed by atoms with Gasteiger partial charge in [0, 0.05) is 18.7 Å². The van der Waals surface area contributed by atoms with Crippen molar-refractivity contribution in [3.63, 3.8) is 0 Å². The maximum Gasteiger partial charge on any atom is 0.311 e. The van der Waals surface area contributed by atoms with Gasteiger partial charge in [0.1, 0.15) is 6.07 Å². The van der Waals surface area contributed by atoms with Crippen molar-refractivity contribution in [3.05, 3.63) is 59.7 Å². The van der Waals surface area contributed by atoms with Gasteiger partial charge in [0.2, 0.25) is 5.91 Å². The minimum atomic E-state index is -0.618. The van der Waals surface area contributed by atoms with Crippen molar-refractivity contribution in [3.8, 4) is 6.07 Å². The summed E-state index contributed by atoms with van der Waals surface area (Å²) in [7, 11) is 0. The largest absolute Gasteiger partial charge is 0.455 e. The highest BCUT2D eigenvalue weighted by molar-refractivity contribution is 6.00. The topological polar surface area (TPSA) is 99.5 Å². The van der Waals surface area contributed by atoms with Crippen molar-refractivity contribution in [1.82, 2.24) is 0 Å². The molecule has 0 radical (unpaired) electrons. The first-order chi connectivity index (χ1) is 13.5. The number of hydrogen-bond acceptors (Lipinski definition) is 5. The van der Waals surface area contributed by atoms with E-state index in [1.54, 1.807) is 29.2 Å². The Morgan fingerprint density at radius 1 is 1.21 bits per heavy atom. The summed E-state index contributed by atoms with van der Waals surface area (Å²) in [5.41, 5.74) is 2.48. The molecule has 2 aromatic rings. The van der Waals surface area contributed by atoms with Crippen molar-refractivity contribution < 1.29 is 19.1 Å². The Hall–Kier alpha value is -3.66. The summed E-state index contributed by atoms with van der Waals surface area (Å²) in [6.07, 6.45) is 0.0472. The molecule has 0 spiro atoms. The Balaban J connectivity index is 1.54. The predicted molar refractivity (Wildman–Crippen MR) is 102 cm³/mol. The highest BCUT2D eigenvalue weighted by Crippen LogP contribution is 2.26. The molecular weight excluding hydrogens is 358 g/mol. The summed E-state index contributed by atoms with van der Waals surface area (Å²) in [5, 5.41) is 11.6. The first-order valence-corrected chi connectivity index (χ1v) is 8.80. The molecule has 1 aliphatic heterocycles. The average Bonchev–Trinajstić information content (AvgIpc) is 3.09. The number of hydrogen-bond donors (Lipinski definition) is 1. The van der Waals surface area contributed by atoms with E-state index in [0.29, 0.717) is 11.3 Å². The van der Waals surface area contributed by atoms with Gasteiger partial charge in [-0.1, -0.05) is 29.8 Å². The van der Waals surface area contributed by atoms with Gasteiger partial charge >= 0.3 is 5.97 Å². The maximum absolute atomic E-state index is 12.3. The first-order valence-electron chi connectivity index (χ1n) is 8.80. The first kappa shape index (κ1) is 19.1. The fourth-order valence-corrected chi connectivity index (χ4v) is 2.97. The molecule has 7 nitrogen and oxygen atoms in total. The monoisotopic (exact) mass is 377 g/mol. The summed E-state index contributed by atoms with van der Waals surface area (Å²) in [6, 6.07) is 16.0. The van der Waals surface area contributed by atoms with Crippen molar-refractivity contribution in [1.29, 1.82) is 5.26 Å². The number of anilines is 2. The van der Waals surface area contributed by atoms with Crippen LogP contribution in [0.15, 0.2) is 48.5 Å². The van der Waals surface area contributed by atoms with E-state index >= 15 is 0 Å². The number of carbonyl (C=O) groups is 3. The second-order valence-electron chi connectivity index (χ2n) is 6.55. The average molecular weight is 377 g/mol. The third-order valence-corrected chi connectivity index (χ3v) is 4.47. The lowest BCUT2D eigenvalue weighted by Crippen LogP contribution is -2.28. The van der Waals surface area contributed by atoms with Crippen LogP contribution in [0.4, 0.5) is 11.4 Å². The third kappa shape index (κ3) is 4.35. The van der Waals surface area contributed by atoms with Crippen LogP contribution in [-0.2, 0) is 19.1 Å². The number of ether oxygens (including phenoxy) is 1. The van der Waals surface area contributed by atoms with Gasteiger partial charge in [-0.25, -0.2) is 0 Å². The van der Waals surface area contributed by atoms with Crippen molar-refractivity contribution in [2.24, 2.45) is 5.92 Å². The lowest BCUT2D eigenvalue weighted by molar-refractivity contribution is -0.151. The number of rotatable bonds is 5. The second kappa shape index (κ2) is 8.35. The Kier molecular flexibility index (Phi) is 5.70. The number of amides is 2. The zero-order valence-electron chi connectivity index (χ0n) is 15.3. The summed E-state index contributed by atoms with van der Waals surface area (Å²) in [4.78, 5) is 38.1. The van der Waals surface area contributed by atoms with Crippen LogP contribution in [0.1, 0.15) is 17.5 Å². The van der Waals surface area contributed by atoms with Crippen LogP contribution in [0, 0.1) is 24.2 Å². The molecule has 0 bridgehead atoms. The van der Waals surface area contributed by atoms with E-state index in [1.807, 2.05) is 37.3 Å². The highest BCUT2D eigenvalue weighted by atomic mass is 16.5. The molecule has 1 heterocycles. The van der Waals surface area contributed by atoms with E-state index in [4.69, 9.17) is 10.00 Å². The molecular formula is C21H19N3O4. The molecule has 3 rings (SSSR count). The number of para-hydroxylation sites is 1. The molecule has 1 aliphatic rings. The van der Waals surface area contributed by atoms with Gasteiger partial charge in [0.15, 0.2) is 6.61 Å². The van der Waals surface area contributed by atoms with Crippen LogP contribution < -0.4 is 10.2 Å². The van der Waals surface area contributed by atoms with Crippen LogP contribution in [0.3, 0.4) is 0 Å². The van der Waals surface area contributed by atoms with Crippen molar-refractivity contribution in [2.45, 2.75) is 13.3 Å². The van der Waals surface area contributed by atoms with Crippen LogP contribution >= 0.6 is 0 Å². The Morgan fingerprint density at radius 3 is 2.64 bits per heavy atom. The van der Waals surface area contributed by atoms with E-state index in [9.17, 15) is 14.4 Å². The van der Waals surface area contributed by atoms with Gasteiger partial charge in [-0.3, -0.25) is 14.4 Å². The Morgan fingerprint density at radius 2 is 1.93 bits per heavy atom. The van der Waals surface area contributed by atoms with Gasteiger partial charge < -0.3 is 15.0 Å². The SMILES string of the molecule is Cc1ccc(N2C[C@@H](C(=O)OCC(=O)Nc3ccccc3C#N)CC2=O)cc1. The van der Waals surface area contributed by atoms with E-state index in [2.05, 4.69) is 5.32 Å². The molecule has 0 aromatic heterocycles. The molecule has 1 N–H and O–H groups in total. The molecule has 0 saturated carbocycles. The Labute approximate surface area is 162 Å². The zero-order chi connectivity index (χ0) is 20.1. The smallest absolute Gasteiger partial charge is 0.311 e. The molecule has 1 fully saturated rings. The molecule has 2 amide bonds. The minimum absolute atomic E-state index is 0.0472. The Bertz CT molecular complexity index is 947. The molecule has 1 atom stereocenters. The highest BCUT2D eigenvalue weighted by Gasteiger charge is 2.36. The number of benzene rings is 2. The number of nitrogens with one attached hydrogen (secondary N) is 1. The van der Waals surface area contributed by atoms with Crippen LogP contribution in [-0.4, -0.2) is 30.9 Å². The fourth-order valence-electron chi connectivity index (χ4n) is 2.97. The quantitative estimate of drug-likeness (QED) is 0.807. The van der Waals surface area contributed by atoms with Gasteiger partial charge in [-0.2, -0.15) is 5.26 Å².